The van der Waals surface area contributed by atoms with Crippen LogP contribution < -0.4 is 10.1 Å². The van der Waals surface area contributed by atoms with E-state index in [9.17, 15) is 4.79 Å². The Kier molecular flexibility index (Phi) is 6.84. The van der Waals surface area contributed by atoms with Gasteiger partial charge in [-0.3, -0.25) is 4.79 Å². The van der Waals surface area contributed by atoms with Gasteiger partial charge in [-0.1, -0.05) is 56.7 Å². The molecule has 26 heavy (non-hydrogen) atoms. The highest BCUT2D eigenvalue weighted by Gasteiger charge is 2.16. The summed E-state index contributed by atoms with van der Waals surface area (Å²) in [5.41, 5.74) is 5.87. The number of rotatable bonds is 7. The molecule has 0 aromatic heterocycles. The average Bonchev–Trinajstić information content (AvgIpc) is 2.58. The predicted molar refractivity (Wildman–Crippen MR) is 108 cm³/mol. The molecule has 1 atom stereocenters. The van der Waals surface area contributed by atoms with Gasteiger partial charge in [-0.15, -0.1) is 0 Å². The largest absolute Gasteiger partial charge is 0.483 e. The number of carbonyl (C=O) groups is 1. The molecule has 0 bridgehead atoms. The topological polar surface area (TPSA) is 38.3 Å². The fourth-order valence-electron chi connectivity index (χ4n) is 3.24. The molecule has 0 fully saturated rings. The Bertz CT molecular complexity index is 765. The molecule has 0 unspecified atom stereocenters. The van der Waals surface area contributed by atoms with Crippen LogP contribution in [0.15, 0.2) is 36.4 Å². The number of benzene rings is 2. The van der Waals surface area contributed by atoms with Crippen molar-refractivity contribution < 1.29 is 9.53 Å². The molecule has 0 saturated heterocycles. The van der Waals surface area contributed by atoms with E-state index in [-0.39, 0.29) is 18.6 Å². The first kappa shape index (κ1) is 20.0. The molecule has 0 saturated carbocycles. The average molecular weight is 354 g/mol. The Morgan fingerprint density at radius 3 is 2.19 bits per heavy atom. The van der Waals surface area contributed by atoms with Crippen molar-refractivity contribution in [2.24, 2.45) is 0 Å². The molecule has 0 radical (unpaired) electrons. The van der Waals surface area contributed by atoms with E-state index in [4.69, 9.17) is 4.74 Å². The molecule has 2 aromatic carbocycles. The zero-order chi connectivity index (χ0) is 19.3. The number of hydrogen-bond acceptors (Lipinski definition) is 2. The monoisotopic (exact) mass is 353 g/mol. The quantitative estimate of drug-likeness (QED) is 0.725. The summed E-state index contributed by atoms with van der Waals surface area (Å²) >= 11 is 0. The normalized spacial score (nSPS) is 12.1. The minimum absolute atomic E-state index is 0.00813. The minimum atomic E-state index is -0.0898. The third-order valence-electron chi connectivity index (χ3n) is 4.69. The molecule has 3 heteroatoms. The summed E-state index contributed by atoms with van der Waals surface area (Å²) < 4.78 is 5.86. The maximum absolute atomic E-state index is 12.5. The number of hydrogen-bond donors (Lipinski definition) is 1. The van der Waals surface area contributed by atoms with Crippen molar-refractivity contribution in [2.75, 3.05) is 6.61 Å². The van der Waals surface area contributed by atoms with Crippen LogP contribution in [0.2, 0.25) is 0 Å². The summed E-state index contributed by atoms with van der Waals surface area (Å²) in [6.07, 6.45) is 0.845. The van der Waals surface area contributed by atoms with Gasteiger partial charge in [-0.2, -0.15) is 0 Å². The standard InChI is InChI=1S/C23H31NO2/c1-7-21(20-11-9-16(4)12-18(20)6)24-23(25)14-26-22-13-17(5)8-10-19(22)15(2)3/h8-13,15,21H,7,14H2,1-6H3,(H,24,25)/t21-/m0/s1. The van der Waals surface area contributed by atoms with Gasteiger partial charge < -0.3 is 10.1 Å². The lowest BCUT2D eigenvalue weighted by Gasteiger charge is -2.21. The predicted octanol–water partition coefficient (Wildman–Crippen LogP) is 5.38. The van der Waals surface area contributed by atoms with Crippen LogP contribution in [-0.2, 0) is 4.79 Å². The molecule has 0 spiro atoms. The van der Waals surface area contributed by atoms with E-state index >= 15 is 0 Å². The molecule has 3 nitrogen and oxygen atoms in total. The maximum atomic E-state index is 12.5. The van der Waals surface area contributed by atoms with Gasteiger partial charge >= 0.3 is 0 Å². The van der Waals surface area contributed by atoms with Crippen LogP contribution in [0.4, 0.5) is 0 Å². The zero-order valence-electron chi connectivity index (χ0n) is 16.8. The lowest BCUT2D eigenvalue weighted by Crippen LogP contribution is -2.32. The van der Waals surface area contributed by atoms with Crippen molar-refractivity contribution in [3.63, 3.8) is 0 Å². The lowest BCUT2D eigenvalue weighted by atomic mass is 9.97. The van der Waals surface area contributed by atoms with Crippen molar-refractivity contribution in [2.45, 2.75) is 59.9 Å². The van der Waals surface area contributed by atoms with Crippen LogP contribution in [0, 0.1) is 20.8 Å². The summed E-state index contributed by atoms with van der Waals surface area (Å²) in [6.45, 7) is 12.6. The second kappa shape index (κ2) is 8.88. The molecule has 1 N–H and O–H groups in total. The van der Waals surface area contributed by atoms with Crippen LogP contribution >= 0.6 is 0 Å². The second-order valence-electron chi connectivity index (χ2n) is 7.37. The third kappa shape index (κ3) is 5.10. The van der Waals surface area contributed by atoms with Crippen molar-refractivity contribution in [3.05, 3.63) is 64.2 Å². The summed E-state index contributed by atoms with van der Waals surface area (Å²) in [5.74, 6) is 1.06. The fourth-order valence-corrected chi connectivity index (χ4v) is 3.24. The number of aryl methyl sites for hydroxylation is 3. The number of amides is 1. The van der Waals surface area contributed by atoms with Crippen LogP contribution in [0.5, 0.6) is 5.75 Å². The molecule has 0 aliphatic heterocycles. The first-order chi connectivity index (χ1) is 12.3. The Morgan fingerprint density at radius 2 is 1.62 bits per heavy atom. The molecular weight excluding hydrogens is 322 g/mol. The number of nitrogens with one attached hydrogen (secondary N) is 1. The smallest absolute Gasteiger partial charge is 0.258 e. The Hall–Kier alpha value is -2.29. The highest BCUT2D eigenvalue weighted by Crippen LogP contribution is 2.27. The fraction of sp³-hybridized carbons (Fsp3) is 0.435. The zero-order valence-corrected chi connectivity index (χ0v) is 16.8. The third-order valence-corrected chi connectivity index (χ3v) is 4.69. The first-order valence-electron chi connectivity index (χ1n) is 9.41. The molecular formula is C23H31NO2. The van der Waals surface area contributed by atoms with Gasteiger partial charge in [0.1, 0.15) is 5.75 Å². The lowest BCUT2D eigenvalue weighted by molar-refractivity contribution is -0.123. The summed E-state index contributed by atoms with van der Waals surface area (Å²) in [7, 11) is 0. The van der Waals surface area contributed by atoms with Gasteiger partial charge in [0.15, 0.2) is 6.61 Å². The van der Waals surface area contributed by atoms with E-state index in [1.807, 2.05) is 13.0 Å². The molecule has 0 heterocycles. The maximum Gasteiger partial charge on any atom is 0.258 e. The van der Waals surface area contributed by atoms with E-state index in [0.29, 0.717) is 5.92 Å². The molecule has 2 aromatic rings. The van der Waals surface area contributed by atoms with Crippen LogP contribution in [0.3, 0.4) is 0 Å². The van der Waals surface area contributed by atoms with Crippen molar-refractivity contribution in [1.29, 1.82) is 0 Å². The Morgan fingerprint density at radius 1 is 1.00 bits per heavy atom. The molecule has 0 aliphatic rings. The van der Waals surface area contributed by atoms with Crippen LogP contribution in [0.25, 0.3) is 0 Å². The van der Waals surface area contributed by atoms with Gasteiger partial charge in [0.2, 0.25) is 0 Å². The number of ether oxygens (including phenoxy) is 1. The van der Waals surface area contributed by atoms with Gasteiger partial charge in [0.05, 0.1) is 6.04 Å². The van der Waals surface area contributed by atoms with Crippen molar-refractivity contribution in [1.82, 2.24) is 5.32 Å². The highest BCUT2D eigenvalue weighted by atomic mass is 16.5. The molecule has 140 valence electrons. The van der Waals surface area contributed by atoms with E-state index in [2.05, 4.69) is 70.3 Å². The Labute approximate surface area is 157 Å². The van der Waals surface area contributed by atoms with Gasteiger partial charge in [0.25, 0.3) is 5.91 Å². The summed E-state index contributed by atoms with van der Waals surface area (Å²) in [6, 6.07) is 12.5. The number of carbonyl (C=O) groups excluding carboxylic acids is 1. The van der Waals surface area contributed by atoms with E-state index in [1.54, 1.807) is 0 Å². The summed E-state index contributed by atoms with van der Waals surface area (Å²) in [5, 5.41) is 3.11. The van der Waals surface area contributed by atoms with Gasteiger partial charge in [-0.25, -0.2) is 0 Å². The van der Waals surface area contributed by atoms with Gasteiger partial charge in [0, 0.05) is 0 Å². The summed E-state index contributed by atoms with van der Waals surface area (Å²) in [4.78, 5) is 12.5. The van der Waals surface area contributed by atoms with E-state index in [1.165, 1.54) is 16.7 Å². The second-order valence-corrected chi connectivity index (χ2v) is 7.37. The van der Waals surface area contributed by atoms with Crippen LogP contribution in [0.1, 0.15) is 67.0 Å². The van der Waals surface area contributed by atoms with Crippen molar-refractivity contribution >= 4 is 5.91 Å². The van der Waals surface area contributed by atoms with Crippen molar-refractivity contribution in [3.8, 4) is 5.75 Å². The highest BCUT2D eigenvalue weighted by molar-refractivity contribution is 5.78. The van der Waals surface area contributed by atoms with Crippen LogP contribution in [-0.4, -0.2) is 12.5 Å². The first-order valence-corrected chi connectivity index (χ1v) is 9.41. The Balaban J connectivity index is 2.05. The molecule has 2 rings (SSSR count). The van der Waals surface area contributed by atoms with E-state index < -0.39 is 0 Å². The van der Waals surface area contributed by atoms with E-state index in [0.717, 1.165) is 23.3 Å². The SMILES string of the molecule is CC[C@H](NC(=O)COc1cc(C)ccc1C(C)C)c1ccc(C)cc1C. The molecule has 0 aliphatic carbocycles. The van der Waals surface area contributed by atoms with Gasteiger partial charge in [-0.05, 0) is 61.4 Å². The minimum Gasteiger partial charge on any atom is -0.483 e. The molecule has 1 amide bonds.